The SMILES string of the molecule is O=C(O)Cc1cnc(Cc2ccco2)nc1Cl. The van der Waals surface area contributed by atoms with E-state index in [9.17, 15) is 4.79 Å². The molecule has 0 aliphatic carbocycles. The first-order valence-electron chi connectivity index (χ1n) is 4.89. The molecule has 5 nitrogen and oxygen atoms in total. The molecule has 0 fully saturated rings. The number of halogens is 1. The zero-order chi connectivity index (χ0) is 12.3. The Bertz CT molecular complexity index is 526. The lowest BCUT2D eigenvalue weighted by Crippen LogP contribution is -2.05. The highest BCUT2D eigenvalue weighted by Gasteiger charge is 2.09. The van der Waals surface area contributed by atoms with Gasteiger partial charge in [0.2, 0.25) is 0 Å². The average Bonchev–Trinajstić information content (AvgIpc) is 2.74. The van der Waals surface area contributed by atoms with Gasteiger partial charge in [0, 0.05) is 11.8 Å². The van der Waals surface area contributed by atoms with Crippen LogP contribution in [-0.2, 0) is 17.6 Å². The molecular formula is C11H9ClN2O3. The van der Waals surface area contributed by atoms with Crippen LogP contribution in [-0.4, -0.2) is 21.0 Å². The van der Waals surface area contributed by atoms with Crippen LogP contribution in [0.2, 0.25) is 5.15 Å². The summed E-state index contributed by atoms with van der Waals surface area (Å²) in [6, 6.07) is 3.58. The van der Waals surface area contributed by atoms with Crippen molar-refractivity contribution in [1.29, 1.82) is 0 Å². The van der Waals surface area contributed by atoms with Crippen molar-refractivity contribution in [3.63, 3.8) is 0 Å². The van der Waals surface area contributed by atoms with Gasteiger partial charge in [0.1, 0.15) is 16.7 Å². The summed E-state index contributed by atoms with van der Waals surface area (Å²) in [4.78, 5) is 18.6. The third-order valence-electron chi connectivity index (χ3n) is 2.12. The molecule has 17 heavy (non-hydrogen) atoms. The molecule has 0 spiro atoms. The van der Waals surface area contributed by atoms with E-state index >= 15 is 0 Å². The molecule has 6 heteroatoms. The van der Waals surface area contributed by atoms with Gasteiger partial charge in [-0.25, -0.2) is 9.97 Å². The first-order valence-corrected chi connectivity index (χ1v) is 5.27. The topological polar surface area (TPSA) is 76.2 Å². The molecule has 0 saturated carbocycles. The van der Waals surface area contributed by atoms with E-state index in [-0.39, 0.29) is 11.6 Å². The molecule has 2 heterocycles. The van der Waals surface area contributed by atoms with E-state index < -0.39 is 5.97 Å². The number of hydrogen-bond acceptors (Lipinski definition) is 4. The second-order valence-corrected chi connectivity index (χ2v) is 3.79. The van der Waals surface area contributed by atoms with E-state index in [1.165, 1.54) is 6.20 Å². The number of nitrogens with zero attached hydrogens (tertiary/aromatic N) is 2. The minimum absolute atomic E-state index is 0.170. The predicted molar refractivity (Wildman–Crippen MR) is 59.9 cm³/mol. The molecule has 0 bridgehead atoms. The van der Waals surface area contributed by atoms with Crippen LogP contribution >= 0.6 is 11.6 Å². The molecular weight excluding hydrogens is 244 g/mol. The Morgan fingerprint density at radius 3 is 2.94 bits per heavy atom. The summed E-state index contributed by atoms with van der Waals surface area (Å²) in [5.74, 6) is 0.264. The van der Waals surface area contributed by atoms with E-state index in [4.69, 9.17) is 21.1 Å². The zero-order valence-electron chi connectivity index (χ0n) is 8.76. The molecule has 2 aromatic heterocycles. The van der Waals surface area contributed by atoms with E-state index in [0.29, 0.717) is 17.8 Å². The molecule has 88 valence electrons. The number of carbonyl (C=O) groups is 1. The van der Waals surface area contributed by atoms with Crippen molar-refractivity contribution in [2.45, 2.75) is 12.8 Å². The highest BCUT2D eigenvalue weighted by molar-refractivity contribution is 6.30. The standard InChI is InChI=1S/C11H9ClN2O3/c12-11-7(4-10(15)16)6-13-9(14-11)5-8-2-1-3-17-8/h1-3,6H,4-5H2,(H,15,16). The third-order valence-corrected chi connectivity index (χ3v) is 2.44. The fourth-order valence-electron chi connectivity index (χ4n) is 1.36. The maximum Gasteiger partial charge on any atom is 0.307 e. The van der Waals surface area contributed by atoms with Crippen molar-refractivity contribution in [2.24, 2.45) is 0 Å². The van der Waals surface area contributed by atoms with Gasteiger partial charge in [-0.3, -0.25) is 4.79 Å². The van der Waals surface area contributed by atoms with Crippen molar-refractivity contribution in [3.05, 3.63) is 46.9 Å². The maximum atomic E-state index is 10.5. The van der Waals surface area contributed by atoms with Crippen molar-refractivity contribution < 1.29 is 14.3 Å². The van der Waals surface area contributed by atoms with Crippen LogP contribution in [0.4, 0.5) is 0 Å². The van der Waals surface area contributed by atoms with E-state index in [1.807, 2.05) is 6.07 Å². The Labute approximate surface area is 102 Å². The highest BCUT2D eigenvalue weighted by Crippen LogP contribution is 2.14. The lowest BCUT2D eigenvalue weighted by molar-refractivity contribution is -0.136. The van der Waals surface area contributed by atoms with Gasteiger partial charge in [0.15, 0.2) is 0 Å². The van der Waals surface area contributed by atoms with Crippen molar-refractivity contribution >= 4 is 17.6 Å². The van der Waals surface area contributed by atoms with E-state index in [0.717, 1.165) is 5.76 Å². The fourth-order valence-corrected chi connectivity index (χ4v) is 1.57. The molecule has 0 unspecified atom stereocenters. The molecule has 0 atom stereocenters. The van der Waals surface area contributed by atoms with E-state index in [2.05, 4.69) is 9.97 Å². The van der Waals surface area contributed by atoms with Crippen LogP contribution in [0.5, 0.6) is 0 Å². The number of rotatable bonds is 4. The quantitative estimate of drug-likeness (QED) is 0.842. The van der Waals surface area contributed by atoms with Gasteiger partial charge in [-0.1, -0.05) is 11.6 Å². The smallest absolute Gasteiger partial charge is 0.307 e. The summed E-state index contributed by atoms with van der Waals surface area (Å²) in [5.41, 5.74) is 0.405. The zero-order valence-corrected chi connectivity index (χ0v) is 9.52. The normalized spacial score (nSPS) is 10.4. The largest absolute Gasteiger partial charge is 0.481 e. The van der Waals surface area contributed by atoms with Gasteiger partial charge in [-0.2, -0.15) is 0 Å². The van der Waals surface area contributed by atoms with Gasteiger partial charge < -0.3 is 9.52 Å². The van der Waals surface area contributed by atoms with Crippen LogP contribution in [0.25, 0.3) is 0 Å². The average molecular weight is 253 g/mol. The number of furan rings is 1. The maximum absolute atomic E-state index is 10.5. The first-order chi connectivity index (χ1) is 8.15. The van der Waals surface area contributed by atoms with Crippen LogP contribution in [0, 0.1) is 0 Å². The molecule has 0 aromatic carbocycles. The van der Waals surface area contributed by atoms with Crippen molar-refractivity contribution in [1.82, 2.24) is 9.97 Å². The molecule has 0 radical (unpaired) electrons. The number of aliphatic carboxylic acids is 1. The van der Waals surface area contributed by atoms with Gasteiger partial charge in [-0.05, 0) is 12.1 Å². The minimum atomic E-state index is -0.964. The molecule has 1 N–H and O–H groups in total. The van der Waals surface area contributed by atoms with Crippen LogP contribution in [0.1, 0.15) is 17.1 Å². The summed E-state index contributed by atoms with van der Waals surface area (Å²) in [6.45, 7) is 0. The summed E-state index contributed by atoms with van der Waals surface area (Å²) in [6.07, 6.45) is 3.25. The number of aromatic nitrogens is 2. The fraction of sp³-hybridized carbons (Fsp3) is 0.182. The second kappa shape index (κ2) is 4.97. The molecule has 2 rings (SSSR count). The molecule has 0 saturated heterocycles. The predicted octanol–water partition coefficient (Wildman–Crippen LogP) is 1.94. The van der Waals surface area contributed by atoms with Gasteiger partial charge in [-0.15, -0.1) is 0 Å². The Morgan fingerprint density at radius 1 is 1.53 bits per heavy atom. The van der Waals surface area contributed by atoms with Gasteiger partial charge in [0.05, 0.1) is 19.1 Å². The Hall–Kier alpha value is -1.88. The third kappa shape index (κ3) is 3.04. The molecule has 0 amide bonds. The number of carboxylic acids is 1. The van der Waals surface area contributed by atoms with Crippen molar-refractivity contribution in [2.75, 3.05) is 0 Å². The molecule has 2 aromatic rings. The number of hydrogen-bond donors (Lipinski definition) is 1. The van der Waals surface area contributed by atoms with Crippen molar-refractivity contribution in [3.8, 4) is 0 Å². The number of carboxylic acid groups (broad SMARTS) is 1. The second-order valence-electron chi connectivity index (χ2n) is 3.43. The van der Waals surface area contributed by atoms with Crippen LogP contribution in [0.15, 0.2) is 29.0 Å². The summed E-state index contributed by atoms with van der Waals surface area (Å²) in [5, 5.41) is 8.81. The van der Waals surface area contributed by atoms with E-state index in [1.54, 1.807) is 12.3 Å². The Balaban J connectivity index is 2.16. The molecule has 0 aliphatic rings. The lowest BCUT2D eigenvalue weighted by atomic mass is 10.2. The Morgan fingerprint density at radius 2 is 2.35 bits per heavy atom. The highest BCUT2D eigenvalue weighted by atomic mass is 35.5. The lowest BCUT2D eigenvalue weighted by Gasteiger charge is -2.02. The summed E-state index contributed by atoms with van der Waals surface area (Å²) in [7, 11) is 0. The Kier molecular flexibility index (Phi) is 3.39. The van der Waals surface area contributed by atoms with Crippen LogP contribution in [0.3, 0.4) is 0 Å². The van der Waals surface area contributed by atoms with Gasteiger partial charge in [0.25, 0.3) is 0 Å². The monoisotopic (exact) mass is 252 g/mol. The minimum Gasteiger partial charge on any atom is -0.481 e. The van der Waals surface area contributed by atoms with Crippen LogP contribution < -0.4 is 0 Å². The summed E-state index contributed by atoms with van der Waals surface area (Å²) >= 11 is 5.87. The molecule has 0 aliphatic heterocycles. The van der Waals surface area contributed by atoms with Gasteiger partial charge >= 0.3 is 5.97 Å². The first kappa shape index (κ1) is 11.6. The summed E-state index contributed by atoms with van der Waals surface area (Å²) < 4.78 is 5.15.